The minimum atomic E-state index is -1.23. The topological polar surface area (TPSA) is 57.5 Å². The van der Waals surface area contributed by atoms with Gasteiger partial charge in [0.1, 0.15) is 6.10 Å². The fourth-order valence-corrected chi connectivity index (χ4v) is 0. The Hall–Kier alpha value is 1.64. The molecule has 2 N–H and O–H groups in total. The Bertz CT molecular complexity index is 68.1. The molecule has 0 amide bonds. The summed E-state index contributed by atoms with van der Waals surface area (Å²) in [7, 11) is 0. The summed E-state index contributed by atoms with van der Waals surface area (Å²) in [5.41, 5.74) is 0. The van der Waals surface area contributed by atoms with Crippen LogP contribution >= 0.6 is 19.0 Å². The van der Waals surface area contributed by atoms with Crippen molar-refractivity contribution in [2.24, 2.45) is 0 Å². The van der Waals surface area contributed by atoms with Crippen molar-refractivity contribution in [2.45, 2.75) is 13.0 Å². The van der Waals surface area contributed by atoms with Crippen molar-refractivity contribution in [3.05, 3.63) is 0 Å². The third-order valence-corrected chi connectivity index (χ3v) is 0.357. The summed E-state index contributed by atoms with van der Waals surface area (Å²) in [5.74, 6) is -1.19. The molecule has 1 radical (unpaired) electrons. The van der Waals surface area contributed by atoms with Crippen LogP contribution in [0, 0.1) is 0 Å². The third-order valence-electron chi connectivity index (χ3n) is 0.357. The van der Waals surface area contributed by atoms with Gasteiger partial charge in [0.2, 0.25) is 0 Å². The average Bonchev–Trinajstić information content (AvgIpc) is 1.72. The van der Waals surface area contributed by atoms with Gasteiger partial charge >= 0.3 is 42.2 Å². The van der Waals surface area contributed by atoms with Crippen LogP contribution in [0.4, 0.5) is 0 Å². The normalized spacial score (nSPS) is 9.89. The van der Waals surface area contributed by atoms with Crippen molar-refractivity contribution in [2.75, 3.05) is 0 Å². The molecular weight excluding hydrogens is 427 g/mol. The van der Waals surface area contributed by atoms with Gasteiger partial charge in [0.05, 0.1) is 0 Å². The molecule has 0 aliphatic carbocycles. The van der Waals surface area contributed by atoms with Crippen molar-refractivity contribution in [3.63, 3.8) is 0 Å². The molecule has 1 atom stereocenters. The standard InChI is InChI=1S/C3H6O3.2Ag.HI/c1-2(4)3(5)6;;;/h2,4H,1H3,(H,5,6);;;1H/q;;+1;/p-1. The molecular formula is C3H6Ag2IO3. The number of rotatable bonds is 1. The number of aliphatic hydroxyl groups is 1. The first-order valence-corrected chi connectivity index (χ1v) is 6.07. The summed E-state index contributed by atoms with van der Waals surface area (Å²) in [6, 6.07) is 0. The zero-order valence-electron chi connectivity index (χ0n) is 4.36. The molecule has 0 aliphatic rings. The molecule has 0 aromatic rings. The van der Waals surface area contributed by atoms with E-state index in [0.29, 0.717) is 0 Å². The molecule has 0 rings (SSSR count). The Morgan fingerprint density at radius 3 is 1.78 bits per heavy atom. The molecule has 9 heavy (non-hydrogen) atoms. The molecule has 0 aromatic heterocycles. The van der Waals surface area contributed by atoms with E-state index in [2.05, 4.69) is 17.3 Å². The molecule has 0 fully saturated rings. The summed E-state index contributed by atoms with van der Waals surface area (Å²) in [4.78, 5) is 9.45. The van der Waals surface area contributed by atoms with E-state index in [0.717, 1.165) is 0 Å². The van der Waals surface area contributed by atoms with Gasteiger partial charge in [-0.3, -0.25) is 0 Å². The molecule has 0 spiro atoms. The van der Waals surface area contributed by atoms with Gasteiger partial charge in [-0.15, -0.1) is 0 Å². The molecule has 65 valence electrons. The minimum absolute atomic E-state index is 0. The number of hydrogen-bond donors (Lipinski definition) is 2. The number of aliphatic hydroxyl groups excluding tert-OH is 1. The number of halogens is 1. The first-order chi connectivity index (χ1) is 3.64. The molecule has 0 bridgehead atoms. The number of carboxylic acids is 1. The van der Waals surface area contributed by atoms with Crippen molar-refractivity contribution in [1.82, 2.24) is 0 Å². The zero-order valence-corrected chi connectivity index (χ0v) is 9.48. The van der Waals surface area contributed by atoms with Crippen LogP contribution in [0.15, 0.2) is 0 Å². The van der Waals surface area contributed by atoms with E-state index in [1.165, 1.54) is 6.92 Å². The summed E-state index contributed by atoms with van der Waals surface area (Å²) < 4.78 is 0. The maximum atomic E-state index is 9.45. The van der Waals surface area contributed by atoms with Crippen molar-refractivity contribution < 1.29 is 54.6 Å². The first kappa shape index (κ1) is 16.9. The molecule has 0 aliphatic heterocycles. The Kier molecular flexibility index (Phi) is 23.2. The number of hydrogen-bond acceptors (Lipinski definition) is 2. The average molecular weight is 433 g/mol. The van der Waals surface area contributed by atoms with Gasteiger partial charge in [-0.05, 0) is 6.92 Å². The van der Waals surface area contributed by atoms with Gasteiger partial charge in [0.15, 0.2) is 0 Å². The van der Waals surface area contributed by atoms with Crippen LogP contribution in [0.1, 0.15) is 6.92 Å². The van der Waals surface area contributed by atoms with Crippen LogP contribution in [0.2, 0.25) is 0 Å². The van der Waals surface area contributed by atoms with E-state index in [1.807, 2.05) is 19.0 Å². The number of aliphatic carboxylic acids is 1. The van der Waals surface area contributed by atoms with Crippen LogP contribution < -0.4 is 0 Å². The Labute approximate surface area is 91.5 Å². The van der Waals surface area contributed by atoms with Crippen LogP contribution in [0.25, 0.3) is 0 Å². The molecule has 0 aromatic carbocycles. The van der Waals surface area contributed by atoms with Crippen molar-refractivity contribution >= 4 is 25.0 Å². The predicted molar refractivity (Wildman–Crippen MR) is 33.3 cm³/mol. The van der Waals surface area contributed by atoms with Crippen LogP contribution in [-0.2, 0) is 44.4 Å². The maximum absolute atomic E-state index is 9.45. The van der Waals surface area contributed by atoms with Crippen molar-refractivity contribution in [1.29, 1.82) is 0 Å². The van der Waals surface area contributed by atoms with Gasteiger partial charge in [-0.1, -0.05) is 0 Å². The van der Waals surface area contributed by atoms with E-state index in [1.54, 1.807) is 0 Å². The summed E-state index contributed by atoms with van der Waals surface area (Å²) >= 11 is 4.88. The second-order valence-electron chi connectivity index (χ2n) is 1.01. The molecule has 0 saturated carbocycles. The van der Waals surface area contributed by atoms with E-state index < -0.39 is 12.1 Å². The van der Waals surface area contributed by atoms with Gasteiger partial charge in [-0.25, -0.2) is 4.79 Å². The van der Waals surface area contributed by atoms with Gasteiger partial charge in [-0.2, -0.15) is 0 Å². The van der Waals surface area contributed by atoms with Crippen LogP contribution in [-0.4, -0.2) is 22.3 Å². The molecule has 3 nitrogen and oxygen atoms in total. The fraction of sp³-hybridized carbons (Fsp3) is 0.667. The monoisotopic (exact) mass is 431 g/mol. The van der Waals surface area contributed by atoms with E-state index >= 15 is 0 Å². The van der Waals surface area contributed by atoms with Gasteiger partial charge < -0.3 is 10.2 Å². The Morgan fingerprint density at radius 2 is 1.78 bits per heavy atom. The van der Waals surface area contributed by atoms with E-state index in [-0.39, 0.29) is 22.4 Å². The Balaban J connectivity index is -0.000000109. The van der Waals surface area contributed by atoms with Crippen molar-refractivity contribution in [3.8, 4) is 0 Å². The quantitative estimate of drug-likeness (QED) is 0.464. The predicted octanol–water partition coefficient (Wildman–Crippen LogP) is 0.333. The van der Waals surface area contributed by atoms with Crippen LogP contribution in [0.5, 0.6) is 0 Å². The summed E-state index contributed by atoms with van der Waals surface area (Å²) in [6.07, 6.45) is -1.23. The molecule has 0 heterocycles. The molecule has 1 unspecified atom stereocenters. The number of carboxylic acid groups (broad SMARTS) is 1. The van der Waals surface area contributed by atoms with Gasteiger partial charge in [0.25, 0.3) is 0 Å². The Morgan fingerprint density at radius 1 is 1.67 bits per heavy atom. The van der Waals surface area contributed by atoms with E-state index in [4.69, 9.17) is 10.2 Å². The molecule has 0 saturated heterocycles. The van der Waals surface area contributed by atoms with E-state index in [9.17, 15) is 4.79 Å². The zero-order chi connectivity index (χ0) is 7.15. The third kappa shape index (κ3) is 17.7. The second-order valence-corrected chi connectivity index (χ2v) is 1.01. The molecule has 6 heteroatoms. The van der Waals surface area contributed by atoms with Gasteiger partial charge in [0, 0.05) is 22.4 Å². The second kappa shape index (κ2) is 12.3. The summed E-state index contributed by atoms with van der Waals surface area (Å²) in [6.45, 7) is 1.20. The summed E-state index contributed by atoms with van der Waals surface area (Å²) in [5, 5.41) is 15.8. The SMILES string of the molecule is CC(O)C(=O)O.[Ag].[Ag][I]. The first-order valence-electron chi connectivity index (χ1n) is 1.67. The van der Waals surface area contributed by atoms with Crippen LogP contribution in [0.3, 0.4) is 0 Å². The fourth-order valence-electron chi connectivity index (χ4n) is 0. The number of carbonyl (C=O) groups is 1.